The van der Waals surface area contributed by atoms with Crippen molar-refractivity contribution in [1.29, 1.82) is 0 Å². The Hall–Kier alpha value is -0.990. The van der Waals surface area contributed by atoms with Crippen molar-refractivity contribution in [2.45, 2.75) is 60.0 Å². The molecule has 0 fully saturated rings. The lowest BCUT2D eigenvalue weighted by Crippen LogP contribution is -2.20. The lowest BCUT2D eigenvalue weighted by Gasteiger charge is -2.15. The Balaban J connectivity index is 3.70. The van der Waals surface area contributed by atoms with Crippen molar-refractivity contribution in [3.63, 3.8) is 0 Å². The van der Waals surface area contributed by atoms with Crippen LogP contribution in [0.2, 0.25) is 0 Å². The Morgan fingerprint density at radius 1 is 1.22 bits per heavy atom. The molecule has 18 heavy (non-hydrogen) atoms. The number of carbonyl (C=O) groups is 1. The van der Waals surface area contributed by atoms with Gasteiger partial charge in [-0.15, -0.1) is 0 Å². The lowest BCUT2D eigenvalue weighted by atomic mass is 10.0. The first kappa shape index (κ1) is 17.0. The second-order valence-electron chi connectivity index (χ2n) is 5.18. The maximum absolute atomic E-state index is 11.3. The van der Waals surface area contributed by atoms with Gasteiger partial charge in [-0.1, -0.05) is 52.7 Å². The third kappa shape index (κ3) is 9.08. The number of rotatable bonds is 8. The maximum Gasteiger partial charge on any atom is 0.508 e. The van der Waals surface area contributed by atoms with E-state index in [1.165, 1.54) is 19.3 Å². The first-order valence-corrected chi connectivity index (χ1v) is 6.97. The third-order valence-corrected chi connectivity index (χ3v) is 3.00. The summed E-state index contributed by atoms with van der Waals surface area (Å²) in [6.45, 7) is 10.5. The van der Waals surface area contributed by atoms with Crippen LogP contribution in [0, 0.1) is 11.8 Å². The average Bonchev–Trinajstić information content (AvgIpc) is 2.31. The summed E-state index contributed by atoms with van der Waals surface area (Å²) in [6, 6.07) is 0. The second kappa shape index (κ2) is 9.98. The molecule has 0 spiro atoms. The van der Waals surface area contributed by atoms with Crippen molar-refractivity contribution in [3.8, 4) is 0 Å². The van der Waals surface area contributed by atoms with Crippen molar-refractivity contribution >= 4 is 6.16 Å². The van der Waals surface area contributed by atoms with Crippen LogP contribution in [0.25, 0.3) is 0 Å². The fraction of sp³-hybridized carbons (Fsp3) is 0.800. The zero-order valence-corrected chi connectivity index (χ0v) is 12.4. The zero-order chi connectivity index (χ0) is 14.0. The highest BCUT2D eigenvalue weighted by Gasteiger charge is 2.13. The van der Waals surface area contributed by atoms with Gasteiger partial charge in [0.05, 0.1) is 0 Å². The minimum absolute atomic E-state index is 0.107. The van der Waals surface area contributed by atoms with Crippen LogP contribution < -0.4 is 0 Å². The summed E-state index contributed by atoms with van der Waals surface area (Å²) < 4.78 is 10.1. The van der Waals surface area contributed by atoms with Gasteiger partial charge in [0.25, 0.3) is 0 Å². The van der Waals surface area contributed by atoms with E-state index in [0.717, 1.165) is 0 Å². The van der Waals surface area contributed by atoms with Crippen molar-refractivity contribution in [1.82, 2.24) is 0 Å². The van der Waals surface area contributed by atoms with Crippen molar-refractivity contribution in [3.05, 3.63) is 12.2 Å². The van der Waals surface area contributed by atoms with Gasteiger partial charge in [0, 0.05) is 0 Å². The molecule has 3 nitrogen and oxygen atoms in total. The van der Waals surface area contributed by atoms with Crippen LogP contribution >= 0.6 is 0 Å². The largest absolute Gasteiger partial charge is 0.508 e. The second-order valence-corrected chi connectivity index (χ2v) is 5.18. The van der Waals surface area contributed by atoms with Crippen molar-refractivity contribution in [2.75, 3.05) is 6.61 Å². The Morgan fingerprint density at radius 2 is 1.89 bits per heavy atom. The summed E-state index contributed by atoms with van der Waals surface area (Å²) in [6.07, 6.45) is 6.93. The van der Waals surface area contributed by atoms with Gasteiger partial charge in [-0.05, 0) is 25.2 Å². The number of hydrogen-bond acceptors (Lipinski definition) is 3. The summed E-state index contributed by atoms with van der Waals surface area (Å²) >= 11 is 0. The summed E-state index contributed by atoms with van der Waals surface area (Å²) in [7, 11) is 0. The molecule has 0 saturated heterocycles. The van der Waals surface area contributed by atoms with Crippen LogP contribution in [-0.2, 0) is 9.47 Å². The lowest BCUT2D eigenvalue weighted by molar-refractivity contribution is 0.0203. The Bertz CT molecular complexity index is 246. The first-order chi connectivity index (χ1) is 8.47. The number of allylic oxidation sites excluding steroid dienone is 1. The normalized spacial score (nSPS) is 14.8. The van der Waals surface area contributed by atoms with Crippen LogP contribution in [0.4, 0.5) is 4.79 Å². The van der Waals surface area contributed by atoms with Crippen LogP contribution in [0.5, 0.6) is 0 Å². The predicted molar refractivity (Wildman–Crippen MR) is 74.6 cm³/mol. The van der Waals surface area contributed by atoms with Gasteiger partial charge in [-0.3, -0.25) is 0 Å². The molecule has 0 aromatic heterocycles. The van der Waals surface area contributed by atoms with Crippen LogP contribution in [0.1, 0.15) is 53.9 Å². The molecule has 2 atom stereocenters. The number of carbonyl (C=O) groups excluding carboxylic acids is 1. The number of unbranched alkanes of at least 4 members (excludes halogenated alkanes) is 1. The molecule has 3 heteroatoms. The molecule has 0 radical (unpaired) electrons. The Kier molecular flexibility index (Phi) is 9.43. The SMILES string of the molecule is CCCCC(C)/C=C\COC(=O)OC(C)C(C)C. The molecule has 0 bridgehead atoms. The van der Waals surface area contributed by atoms with E-state index in [-0.39, 0.29) is 6.10 Å². The highest BCUT2D eigenvalue weighted by atomic mass is 16.7. The Morgan fingerprint density at radius 3 is 2.44 bits per heavy atom. The minimum Gasteiger partial charge on any atom is -0.431 e. The standard InChI is InChI=1S/C15H28O3/c1-6-7-9-13(4)10-8-11-17-15(16)18-14(5)12(2)3/h8,10,12-14H,6-7,9,11H2,1-5H3/b10-8-. The van der Waals surface area contributed by atoms with Crippen LogP contribution in [0.3, 0.4) is 0 Å². The molecule has 0 aliphatic heterocycles. The topological polar surface area (TPSA) is 35.5 Å². The molecule has 0 aromatic rings. The molecule has 0 aromatic carbocycles. The maximum atomic E-state index is 11.3. The summed E-state index contributed by atoms with van der Waals surface area (Å²) in [5, 5.41) is 0. The molecule has 0 amide bonds. The molecule has 2 unspecified atom stereocenters. The summed E-state index contributed by atoms with van der Waals surface area (Å²) in [4.78, 5) is 11.3. The molecule has 106 valence electrons. The van der Waals surface area contributed by atoms with Gasteiger partial charge in [0.15, 0.2) is 0 Å². The van der Waals surface area contributed by atoms with Gasteiger partial charge in [-0.25, -0.2) is 4.79 Å². The van der Waals surface area contributed by atoms with Gasteiger partial charge in [-0.2, -0.15) is 0 Å². The van der Waals surface area contributed by atoms with Gasteiger partial charge in [0.1, 0.15) is 12.7 Å². The van der Waals surface area contributed by atoms with Gasteiger partial charge < -0.3 is 9.47 Å². The monoisotopic (exact) mass is 256 g/mol. The molecule has 0 saturated carbocycles. The van der Waals surface area contributed by atoms with E-state index in [1.807, 2.05) is 26.8 Å². The quantitative estimate of drug-likeness (QED) is 0.471. The number of ether oxygens (including phenoxy) is 2. The number of hydrogen-bond donors (Lipinski definition) is 0. The summed E-state index contributed by atoms with van der Waals surface area (Å²) in [5.74, 6) is 0.848. The van der Waals surface area contributed by atoms with E-state index in [9.17, 15) is 4.79 Å². The molecular weight excluding hydrogens is 228 g/mol. The molecule has 0 heterocycles. The fourth-order valence-corrected chi connectivity index (χ4v) is 1.35. The average molecular weight is 256 g/mol. The van der Waals surface area contributed by atoms with E-state index in [1.54, 1.807) is 0 Å². The minimum atomic E-state index is -0.581. The third-order valence-electron chi connectivity index (χ3n) is 3.00. The highest BCUT2D eigenvalue weighted by Crippen LogP contribution is 2.09. The fourth-order valence-electron chi connectivity index (χ4n) is 1.35. The van der Waals surface area contributed by atoms with E-state index in [2.05, 4.69) is 19.9 Å². The zero-order valence-electron chi connectivity index (χ0n) is 12.4. The van der Waals surface area contributed by atoms with Crippen molar-refractivity contribution < 1.29 is 14.3 Å². The molecule has 0 N–H and O–H groups in total. The highest BCUT2D eigenvalue weighted by molar-refractivity contribution is 5.60. The smallest absolute Gasteiger partial charge is 0.431 e. The molecule has 0 aliphatic rings. The van der Waals surface area contributed by atoms with E-state index < -0.39 is 6.16 Å². The van der Waals surface area contributed by atoms with E-state index in [4.69, 9.17) is 9.47 Å². The van der Waals surface area contributed by atoms with Gasteiger partial charge >= 0.3 is 6.16 Å². The molecule has 0 aliphatic carbocycles. The van der Waals surface area contributed by atoms with Crippen molar-refractivity contribution in [2.24, 2.45) is 11.8 Å². The summed E-state index contributed by atoms with van der Waals surface area (Å²) in [5.41, 5.74) is 0. The molecular formula is C15H28O3. The Labute approximate surface area is 112 Å². The van der Waals surface area contributed by atoms with E-state index in [0.29, 0.717) is 18.4 Å². The van der Waals surface area contributed by atoms with E-state index >= 15 is 0 Å². The predicted octanol–water partition coefficient (Wildman–Crippen LogP) is 4.57. The van der Waals surface area contributed by atoms with Crippen LogP contribution in [0.15, 0.2) is 12.2 Å². The van der Waals surface area contributed by atoms with Crippen LogP contribution in [-0.4, -0.2) is 18.9 Å². The molecule has 0 rings (SSSR count). The first-order valence-electron chi connectivity index (χ1n) is 6.97. The van der Waals surface area contributed by atoms with Gasteiger partial charge in [0.2, 0.25) is 0 Å².